The fourth-order valence-corrected chi connectivity index (χ4v) is 2.68. The molecule has 2 aliphatic rings. The molecule has 2 fully saturated rings. The summed E-state index contributed by atoms with van der Waals surface area (Å²) in [7, 11) is 0. The SMILES string of the molecule is FC(F)(F)c1cnc(C2OC23CCCCC3)cn1. The molecule has 1 aromatic heterocycles. The van der Waals surface area contributed by atoms with Crippen LogP contribution in [0.3, 0.4) is 0 Å². The lowest BCUT2D eigenvalue weighted by molar-refractivity contribution is -0.141. The van der Waals surface area contributed by atoms with Gasteiger partial charge >= 0.3 is 6.18 Å². The maximum absolute atomic E-state index is 12.4. The first-order chi connectivity index (χ1) is 8.51. The van der Waals surface area contributed by atoms with E-state index in [9.17, 15) is 13.2 Å². The van der Waals surface area contributed by atoms with Crippen molar-refractivity contribution in [1.29, 1.82) is 0 Å². The second-order valence-corrected chi connectivity index (χ2v) is 4.95. The predicted molar refractivity (Wildman–Crippen MR) is 56.7 cm³/mol. The van der Waals surface area contributed by atoms with Crippen molar-refractivity contribution in [2.45, 2.75) is 50.0 Å². The van der Waals surface area contributed by atoms with Gasteiger partial charge in [0.2, 0.25) is 0 Å². The van der Waals surface area contributed by atoms with Crippen molar-refractivity contribution < 1.29 is 17.9 Å². The average molecular weight is 258 g/mol. The second-order valence-electron chi connectivity index (χ2n) is 4.95. The van der Waals surface area contributed by atoms with Gasteiger partial charge in [-0.05, 0) is 12.8 Å². The van der Waals surface area contributed by atoms with Crippen LogP contribution in [0, 0.1) is 0 Å². The van der Waals surface area contributed by atoms with E-state index in [1.165, 1.54) is 12.6 Å². The Bertz CT molecular complexity index is 438. The first kappa shape index (κ1) is 11.9. The highest BCUT2D eigenvalue weighted by Crippen LogP contribution is 2.56. The number of hydrogen-bond donors (Lipinski definition) is 0. The standard InChI is InChI=1S/C12H13F3N2O/c13-12(14,15)9-7-16-8(6-17-9)10-11(18-10)4-2-1-3-5-11/h6-7,10H,1-5H2. The smallest absolute Gasteiger partial charge is 0.359 e. The number of nitrogens with zero attached hydrogens (tertiary/aromatic N) is 2. The highest BCUT2D eigenvalue weighted by Gasteiger charge is 2.57. The normalized spacial score (nSPS) is 26.3. The maximum Gasteiger partial charge on any atom is 0.434 e. The number of halogens is 3. The summed E-state index contributed by atoms with van der Waals surface area (Å²) < 4.78 is 42.7. The molecule has 1 aliphatic heterocycles. The molecule has 2 heterocycles. The van der Waals surface area contributed by atoms with Gasteiger partial charge in [0.05, 0.1) is 18.1 Å². The Morgan fingerprint density at radius 3 is 2.39 bits per heavy atom. The van der Waals surface area contributed by atoms with Gasteiger partial charge in [-0.25, -0.2) is 4.98 Å². The quantitative estimate of drug-likeness (QED) is 0.725. The van der Waals surface area contributed by atoms with Gasteiger partial charge in [-0.3, -0.25) is 4.98 Å². The molecule has 0 bridgehead atoms. The zero-order valence-electron chi connectivity index (χ0n) is 9.70. The van der Waals surface area contributed by atoms with E-state index in [0.717, 1.165) is 31.9 Å². The van der Waals surface area contributed by atoms with E-state index in [4.69, 9.17) is 4.74 Å². The van der Waals surface area contributed by atoms with Crippen LogP contribution in [-0.2, 0) is 10.9 Å². The van der Waals surface area contributed by atoms with E-state index in [1.807, 2.05) is 0 Å². The first-order valence-electron chi connectivity index (χ1n) is 6.08. The summed E-state index contributed by atoms with van der Waals surface area (Å²) in [6, 6.07) is 0. The minimum Gasteiger partial charge on any atom is -0.359 e. The molecule has 1 aliphatic carbocycles. The summed E-state index contributed by atoms with van der Waals surface area (Å²) in [5.74, 6) is 0. The maximum atomic E-state index is 12.4. The Kier molecular flexibility index (Phi) is 2.59. The summed E-state index contributed by atoms with van der Waals surface area (Å²) in [6.07, 6.45) is 2.77. The third-order valence-corrected chi connectivity index (χ3v) is 3.70. The monoisotopic (exact) mass is 258 g/mol. The largest absolute Gasteiger partial charge is 0.434 e. The molecule has 1 saturated carbocycles. The summed E-state index contributed by atoms with van der Waals surface area (Å²) >= 11 is 0. The minimum atomic E-state index is -4.43. The van der Waals surface area contributed by atoms with E-state index < -0.39 is 11.9 Å². The van der Waals surface area contributed by atoms with Crippen molar-refractivity contribution in [1.82, 2.24) is 9.97 Å². The number of ether oxygens (including phenoxy) is 1. The Labute approximate surface area is 102 Å². The highest BCUT2D eigenvalue weighted by atomic mass is 19.4. The van der Waals surface area contributed by atoms with Crippen LogP contribution in [0.25, 0.3) is 0 Å². The lowest BCUT2D eigenvalue weighted by atomic mass is 9.85. The van der Waals surface area contributed by atoms with Crippen LogP contribution >= 0.6 is 0 Å². The van der Waals surface area contributed by atoms with Gasteiger partial charge in [0.25, 0.3) is 0 Å². The third-order valence-electron chi connectivity index (χ3n) is 3.70. The van der Waals surface area contributed by atoms with E-state index in [2.05, 4.69) is 9.97 Å². The Morgan fingerprint density at radius 2 is 1.83 bits per heavy atom. The summed E-state index contributed by atoms with van der Waals surface area (Å²) in [4.78, 5) is 7.27. The number of epoxide rings is 1. The average Bonchev–Trinajstić information content (AvgIpc) is 3.03. The number of alkyl halides is 3. The number of hydrogen-bond acceptors (Lipinski definition) is 3. The van der Waals surface area contributed by atoms with Gasteiger partial charge in [0.15, 0.2) is 5.69 Å². The molecule has 3 nitrogen and oxygen atoms in total. The molecule has 1 spiro atoms. The van der Waals surface area contributed by atoms with Crippen LogP contribution in [0.1, 0.15) is 49.6 Å². The van der Waals surface area contributed by atoms with Crippen molar-refractivity contribution in [3.8, 4) is 0 Å². The minimum absolute atomic E-state index is 0.160. The van der Waals surface area contributed by atoms with Crippen LogP contribution in [0.4, 0.5) is 13.2 Å². The molecular formula is C12H13F3N2O. The van der Waals surface area contributed by atoms with Gasteiger partial charge in [-0.1, -0.05) is 19.3 Å². The van der Waals surface area contributed by atoms with E-state index in [1.54, 1.807) is 0 Å². The Balaban J connectivity index is 1.75. The molecule has 1 unspecified atom stereocenters. The predicted octanol–water partition coefficient (Wildman–Crippen LogP) is 3.27. The zero-order chi connectivity index (χ0) is 12.8. The van der Waals surface area contributed by atoms with Crippen LogP contribution in [0.2, 0.25) is 0 Å². The Hall–Kier alpha value is -1.17. The molecule has 1 atom stereocenters. The lowest BCUT2D eigenvalue weighted by Crippen LogP contribution is -2.17. The van der Waals surface area contributed by atoms with E-state index in [-0.39, 0.29) is 11.7 Å². The van der Waals surface area contributed by atoms with Gasteiger partial charge < -0.3 is 4.74 Å². The van der Waals surface area contributed by atoms with Crippen molar-refractivity contribution in [3.63, 3.8) is 0 Å². The molecule has 18 heavy (non-hydrogen) atoms. The molecule has 3 rings (SSSR count). The summed E-state index contributed by atoms with van der Waals surface area (Å²) in [5, 5.41) is 0. The Morgan fingerprint density at radius 1 is 1.11 bits per heavy atom. The van der Waals surface area contributed by atoms with Crippen molar-refractivity contribution in [2.24, 2.45) is 0 Å². The summed E-state index contributed by atoms with van der Waals surface area (Å²) in [6.45, 7) is 0. The molecule has 0 amide bonds. The highest BCUT2D eigenvalue weighted by molar-refractivity contribution is 5.19. The van der Waals surface area contributed by atoms with Crippen molar-refractivity contribution in [2.75, 3.05) is 0 Å². The van der Waals surface area contributed by atoms with Crippen molar-refractivity contribution in [3.05, 3.63) is 23.8 Å². The summed E-state index contributed by atoms with van der Waals surface area (Å²) in [5.41, 5.74) is -0.596. The molecule has 98 valence electrons. The second kappa shape index (κ2) is 3.91. The van der Waals surface area contributed by atoms with Crippen LogP contribution in [0.5, 0.6) is 0 Å². The van der Waals surface area contributed by atoms with Crippen molar-refractivity contribution >= 4 is 0 Å². The van der Waals surface area contributed by atoms with E-state index in [0.29, 0.717) is 5.69 Å². The zero-order valence-corrected chi connectivity index (χ0v) is 9.70. The number of aromatic nitrogens is 2. The van der Waals surface area contributed by atoms with Gasteiger partial charge in [-0.15, -0.1) is 0 Å². The fraction of sp³-hybridized carbons (Fsp3) is 0.667. The molecule has 1 aromatic rings. The van der Waals surface area contributed by atoms with Crippen LogP contribution < -0.4 is 0 Å². The third kappa shape index (κ3) is 1.98. The van der Waals surface area contributed by atoms with Crippen LogP contribution in [-0.4, -0.2) is 15.6 Å². The molecule has 0 aromatic carbocycles. The van der Waals surface area contributed by atoms with Gasteiger partial charge in [-0.2, -0.15) is 13.2 Å². The molecule has 0 radical (unpaired) electrons. The molecular weight excluding hydrogens is 245 g/mol. The first-order valence-corrected chi connectivity index (χ1v) is 6.08. The molecule has 6 heteroatoms. The van der Waals surface area contributed by atoms with E-state index >= 15 is 0 Å². The van der Waals surface area contributed by atoms with Crippen LogP contribution in [0.15, 0.2) is 12.4 Å². The topological polar surface area (TPSA) is 38.3 Å². The fourth-order valence-electron chi connectivity index (χ4n) is 2.68. The van der Waals surface area contributed by atoms with Gasteiger partial charge in [0.1, 0.15) is 11.7 Å². The number of rotatable bonds is 1. The molecule has 1 saturated heterocycles. The lowest BCUT2D eigenvalue weighted by Gasteiger charge is -2.17. The van der Waals surface area contributed by atoms with Gasteiger partial charge in [0, 0.05) is 0 Å². The molecule has 0 N–H and O–H groups in total.